The summed E-state index contributed by atoms with van der Waals surface area (Å²) in [7, 11) is 2.86. The van der Waals surface area contributed by atoms with Gasteiger partial charge in [-0.05, 0) is 116 Å². The van der Waals surface area contributed by atoms with Crippen LogP contribution in [0.3, 0.4) is 0 Å². The van der Waals surface area contributed by atoms with E-state index in [0.717, 1.165) is 19.2 Å². The Morgan fingerprint density at radius 1 is 1.05 bits per heavy atom. The van der Waals surface area contributed by atoms with E-state index in [1.807, 2.05) is 42.5 Å². The summed E-state index contributed by atoms with van der Waals surface area (Å²) in [5.41, 5.74) is 2.60. The quantitative estimate of drug-likeness (QED) is 0.128. The number of amides is 1. The molecular formula is C27H22BrIN2O5S. The molecule has 1 aliphatic rings. The van der Waals surface area contributed by atoms with Crippen molar-refractivity contribution in [2.75, 3.05) is 25.7 Å². The molecule has 1 amide bonds. The molecular weight excluding hydrogens is 671 g/mol. The maximum atomic E-state index is 13.5. The van der Waals surface area contributed by atoms with E-state index in [1.54, 1.807) is 37.5 Å². The Bertz CT molecular complexity index is 1360. The number of thiocarbonyl (C=S) groups is 1. The van der Waals surface area contributed by atoms with Crippen molar-refractivity contribution in [2.24, 2.45) is 0 Å². The van der Waals surface area contributed by atoms with Crippen LogP contribution in [0.2, 0.25) is 0 Å². The molecule has 1 aliphatic heterocycles. The van der Waals surface area contributed by atoms with Crippen molar-refractivity contribution in [1.29, 1.82) is 0 Å². The van der Waals surface area contributed by atoms with Crippen LogP contribution in [0.15, 0.2) is 76.9 Å². The lowest BCUT2D eigenvalue weighted by Gasteiger charge is -2.19. The van der Waals surface area contributed by atoms with Gasteiger partial charge in [-0.15, -0.1) is 0 Å². The number of halogens is 2. The summed E-state index contributed by atoms with van der Waals surface area (Å²) >= 11 is 11.4. The van der Waals surface area contributed by atoms with Crippen molar-refractivity contribution < 1.29 is 23.8 Å². The number of hydrogen-bond donors (Lipinski definition) is 0. The van der Waals surface area contributed by atoms with Gasteiger partial charge in [-0.1, -0.05) is 18.2 Å². The van der Waals surface area contributed by atoms with Crippen molar-refractivity contribution in [2.45, 2.75) is 6.61 Å². The van der Waals surface area contributed by atoms with Crippen molar-refractivity contribution in [1.82, 2.24) is 4.90 Å². The Labute approximate surface area is 242 Å². The minimum absolute atomic E-state index is 0.184. The molecule has 0 atom stereocenters. The van der Waals surface area contributed by atoms with Crippen LogP contribution >= 0.6 is 50.7 Å². The van der Waals surface area contributed by atoms with Crippen LogP contribution in [0.4, 0.5) is 5.69 Å². The first kappa shape index (κ1) is 27.1. The predicted octanol–water partition coefficient (Wildman–Crippen LogP) is 5.79. The van der Waals surface area contributed by atoms with E-state index in [-0.39, 0.29) is 23.3 Å². The molecule has 1 heterocycles. The van der Waals surface area contributed by atoms with Crippen molar-refractivity contribution >= 4 is 79.5 Å². The third-order valence-corrected chi connectivity index (χ3v) is 7.29. The number of esters is 1. The van der Waals surface area contributed by atoms with Gasteiger partial charge in [0, 0.05) is 3.57 Å². The van der Waals surface area contributed by atoms with Gasteiger partial charge in [-0.2, -0.15) is 0 Å². The average Bonchev–Trinajstić information content (AvgIpc) is 3.13. The molecule has 0 unspecified atom stereocenters. The highest BCUT2D eigenvalue weighted by Gasteiger charge is 2.40. The molecule has 190 valence electrons. The zero-order valence-electron chi connectivity index (χ0n) is 19.9. The van der Waals surface area contributed by atoms with E-state index in [9.17, 15) is 9.59 Å². The van der Waals surface area contributed by atoms with E-state index in [1.165, 1.54) is 16.9 Å². The molecule has 0 spiro atoms. The number of hydrogen-bond acceptors (Lipinski definition) is 6. The molecule has 3 aromatic carbocycles. The molecule has 0 bridgehead atoms. The Kier molecular flexibility index (Phi) is 8.83. The van der Waals surface area contributed by atoms with Crippen LogP contribution in [-0.4, -0.2) is 42.7 Å². The lowest BCUT2D eigenvalue weighted by Crippen LogP contribution is -2.35. The molecule has 7 nitrogen and oxygen atoms in total. The summed E-state index contributed by atoms with van der Waals surface area (Å²) < 4.78 is 17.9. The number of nitrogens with zero attached hydrogens (tertiary/aromatic N) is 2. The first-order chi connectivity index (χ1) is 17.8. The second-order valence-electron chi connectivity index (χ2n) is 7.92. The number of carbonyl (C=O) groups excluding carboxylic acids is 2. The van der Waals surface area contributed by atoms with E-state index in [4.69, 9.17) is 26.4 Å². The summed E-state index contributed by atoms with van der Waals surface area (Å²) in [5.74, 6) is 0.449. The Balaban J connectivity index is 1.60. The van der Waals surface area contributed by atoms with E-state index < -0.39 is 5.97 Å². The summed E-state index contributed by atoms with van der Waals surface area (Å²) in [5, 5.41) is 0.184. The van der Waals surface area contributed by atoms with E-state index in [2.05, 4.69) is 38.5 Å². The molecule has 0 N–H and O–H groups in total. The van der Waals surface area contributed by atoms with Crippen LogP contribution in [0.1, 0.15) is 11.1 Å². The van der Waals surface area contributed by atoms with Crippen LogP contribution in [0.5, 0.6) is 11.5 Å². The molecule has 0 aliphatic carbocycles. The topological polar surface area (TPSA) is 68.3 Å². The lowest BCUT2D eigenvalue weighted by molar-refractivity contribution is -0.140. The monoisotopic (exact) mass is 692 g/mol. The predicted molar refractivity (Wildman–Crippen MR) is 157 cm³/mol. The zero-order chi connectivity index (χ0) is 26.5. The van der Waals surface area contributed by atoms with Crippen molar-refractivity contribution in [3.05, 3.63) is 91.6 Å². The van der Waals surface area contributed by atoms with Crippen LogP contribution in [0, 0.1) is 3.57 Å². The molecule has 10 heteroatoms. The highest BCUT2D eigenvalue weighted by molar-refractivity contribution is 14.1. The van der Waals surface area contributed by atoms with Crippen molar-refractivity contribution in [3.8, 4) is 11.5 Å². The normalized spacial score (nSPS) is 14.3. The number of anilines is 1. The van der Waals surface area contributed by atoms with Crippen LogP contribution in [-0.2, 0) is 20.9 Å². The molecule has 0 radical (unpaired) electrons. The maximum Gasteiger partial charge on any atom is 0.325 e. The van der Waals surface area contributed by atoms with Crippen LogP contribution < -0.4 is 14.4 Å². The third-order valence-electron chi connectivity index (χ3n) is 5.55. The minimum atomic E-state index is -0.516. The fraction of sp³-hybridized carbons (Fsp3) is 0.148. The van der Waals surface area contributed by atoms with Gasteiger partial charge in [0.15, 0.2) is 5.11 Å². The van der Waals surface area contributed by atoms with Gasteiger partial charge >= 0.3 is 5.97 Å². The maximum absolute atomic E-state index is 13.5. The first-order valence-electron chi connectivity index (χ1n) is 11.1. The molecule has 0 aromatic heterocycles. The van der Waals surface area contributed by atoms with Gasteiger partial charge in [0.2, 0.25) is 0 Å². The second-order valence-corrected chi connectivity index (χ2v) is 10.4. The summed E-state index contributed by atoms with van der Waals surface area (Å²) in [6, 6.07) is 20.6. The highest BCUT2D eigenvalue weighted by Crippen LogP contribution is 2.32. The molecule has 1 saturated heterocycles. The van der Waals surface area contributed by atoms with E-state index >= 15 is 0 Å². The third kappa shape index (κ3) is 6.31. The SMILES string of the molecule is COC(=O)CN1C(=S)N(c2ccc(OC)cc2)C(=O)/C1=C/c1ccc(OCc2ccc(I)cc2)c(Br)c1. The number of benzene rings is 3. The molecule has 37 heavy (non-hydrogen) atoms. The summed E-state index contributed by atoms with van der Waals surface area (Å²) in [4.78, 5) is 28.5. The van der Waals surface area contributed by atoms with Gasteiger partial charge in [0.25, 0.3) is 5.91 Å². The molecule has 3 aromatic rings. The number of carbonyl (C=O) groups is 2. The van der Waals surface area contributed by atoms with E-state index in [0.29, 0.717) is 23.8 Å². The van der Waals surface area contributed by atoms with Gasteiger partial charge in [0.05, 0.1) is 24.4 Å². The summed E-state index contributed by atoms with van der Waals surface area (Å²) in [6.07, 6.45) is 1.69. The van der Waals surface area contributed by atoms with Gasteiger partial charge in [-0.25, -0.2) is 0 Å². The Morgan fingerprint density at radius 3 is 2.38 bits per heavy atom. The lowest BCUT2D eigenvalue weighted by atomic mass is 10.1. The Hall–Kier alpha value is -2.96. The number of rotatable bonds is 8. The minimum Gasteiger partial charge on any atom is -0.497 e. The molecule has 1 fully saturated rings. The molecule has 0 saturated carbocycles. The fourth-order valence-electron chi connectivity index (χ4n) is 3.61. The zero-order valence-corrected chi connectivity index (χ0v) is 24.5. The largest absolute Gasteiger partial charge is 0.497 e. The molecule has 4 rings (SSSR count). The Morgan fingerprint density at radius 2 is 1.76 bits per heavy atom. The van der Waals surface area contributed by atoms with Gasteiger partial charge in [0.1, 0.15) is 30.3 Å². The number of ether oxygens (including phenoxy) is 3. The standard InChI is InChI=1S/C27H22BrIN2O5S/c1-34-21-10-8-20(9-11-21)31-26(33)23(30(27(31)37)15-25(32)35-2)14-18-5-12-24(22(28)13-18)36-16-17-3-6-19(29)7-4-17/h3-14H,15-16H2,1-2H3/b23-14-. The number of methoxy groups -OCH3 is 2. The second kappa shape index (κ2) is 12.1. The summed E-state index contributed by atoms with van der Waals surface area (Å²) in [6.45, 7) is 0.227. The first-order valence-corrected chi connectivity index (χ1v) is 13.3. The average molecular weight is 693 g/mol. The smallest absolute Gasteiger partial charge is 0.325 e. The fourth-order valence-corrected chi connectivity index (χ4v) is 4.83. The van der Waals surface area contributed by atoms with Gasteiger partial charge in [-0.3, -0.25) is 14.5 Å². The van der Waals surface area contributed by atoms with Crippen molar-refractivity contribution in [3.63, 3.8) is 0 Å². The van der Waals surface area contributed by atoms with Gasteiger partial charge < -0.3 is 19.1 Å². The highest BCUT2D eigenvalue weighted by atomic mass is 127. The van der Waals surface area contributed by atoms with Crippen LogP contribution in [0.25, 0.3) is 6.08 Å².